The number of nitrogens with zero attached hydrogens (tertiary/aromatic N) is 2. The minimum atomic E-state index is -0.161. The van der Waals surface area contributed by atoms with Crippen molar-refractivity contribution in [2.24, 2.45) is 0 Å². The van der Waals surface area contributed by atoms with Gasteiger partial charge in [0.05, 0.1) is 17.8 Å². The summed E-state index contributed by atoms with van der Waals surface area (Å²) in [6.45, 7) is 5.00. The number of fused-ring (bicyclic) bond motifs is 4. The van der Waals surface area contributed by atoms with Crippen LogP contribution in [0.2, 0.25) is 0 Å². The van der Waals surface area contributed by atoms with E-state index in [0.29, 0.717) is 12.6 Å². The Hall–Kier alpha value is -3.56. The number of nitrogens with one attached hydrogen (secondary N) is 3. The van der Waals surface area contributed by atoms with E-state index in [1.165, 1.54) is 5.56 Å². The highest BCUT2D eigenvalue weighted by Crippen LogP contribution is 2.39. The Balaban J connectivity index is 0.000000194. The summed E-state index contributed by atoms with van der Waals surface area (Å²) in [5, 5.41) is 13.2. The quantitative estimate of drug-likeness (QED) is 0.303. The highest BCUT2D eigenvalue weighted by Gasteiger charge is 2.30. The van der Waals surface area contributed by atoms with Gasteiger partial charge in [-0.2, -0.15) is 0 Å². The van der Waals surface area contributed by atoms with Crippen molar-refractivity contribution < 1.29 is 14.3 Å². The van der Waals surface area contributed by atoms with E-state index in [1.54, 1.807) is 5.01 Å². The number of benzene rings is 3. The van der Waals surface area contributed by atoms with E-state index in [2.05, 4.69) is 50.1 Å². The van der Waals surface area contributed by atoms with Crippen molar-refractivity contribution in [2.75, 3.05) is 30.0 Å². The molecule has 0 aliphatic carbocycles. The normalized spacial score (nSPS) is 19.9. The van der Waals surface area contributed by atoms with E-state index in [1.807, 2.05) is 66.5 Å². The molecule has 3 aromatic rings. The lowest BCUT2D eigenvalue weighted by molar-refractivity contribution is -0.117. The number of carbonyl (C=O) groups excluding carboxylic acids is 2. The topological polar surface area (TPSA) is 85.9 Å². The molecule has 3 aliphatic rings. The van der Waals surface area contributed by atoms with E-state index in [-0.39, 0.29) is 18.2 Å². The van der Waals surface area contributed by atoms with Crippen LogP contribution in [0.3, 0.4) is 0 Å². The molecule has 0 spiro atoms. The third kappa shape index (κ3) is 6.77. The van der Waals surface area contributed by atoms with Crippen LogP contribution in [0.15, 0.2) is 77.3 Å². The van der Waals surface area contributed by atoms with Crippen LogP contribution >= 0.6 is 15.9 Å². The number of urea groups is 1. The molecule has 2 saturated heterocycles. The fraction of sp³-hybridized carbons (Fsp3) is 0.355. The predicted octanol–water partition coefficient (Wildman–Crippen LogP) is 5.93. The Morgan fingerprint density at radius 3 is 2.73 bits per heavy atom. The van der Waals surface area contributed by atoms with Crippen LogP contribution in [0.5, 0.6) is 0 Å². The number of amides is 3. The maximum atomic E-state index is 12.2. The second kappa shape index (κ2) is 13.2. The van der Waals surface area contributed by atoms with Crippen molar-refractivity contribution in [2.45, 2.75) is 50.9 Å². The molecule has 3 N–H and O–H groups in total. The van der Waals surface area contributed by atoms with Gasteiger partial charge in [-0.3, -0.25) is 14.8 Å². The standard InChI is InChI=1S/C21H25N3O2.C10H11BrN2O/c1-14(16-5-3-2-4-6-16)23-21(25)22-13-15-7-8-19-18(11-15)20-12-17(24-19)9-10-26-20;11-9-4-1-2-5-10(9)13-7-3-6-12(13)8-14/h2-8,11,14,17,20,24H,9-10,12-13H2,1H3,(H2,22,23,25);1-2,4-5,8H,3,6-7H2. The first kappa shape index (κ1) is 28.0. The molecule has 8 nitrogen and oxygen atoms in total. The average Bonchev–Trinajstić information content (AvgIpc) is 3.46. The Kier molecular flexibility index (Phi) is 9.23. The molecule has 0 saturated carbocycles. The van der Waals surface area contributed by atoms with Crippen LogP contribution < -0.4 is 21.0 Å². The molecule has 210 valence electrons. The second-order valence-corrected chi connectivity index (χ2v) is 11.2. The van der Waals surface area contributed by atoms with E-state index < -0.39 is 0 Å². The minimum Gasteiger partial charge on any atom is -0.382 e. The van der Waals surface area contributed by atoms with Crippen LogP contribution in [0.25, 0.3) is 0 Å². The van der Waals surface area contributed by atoms with Gasteiger partial charge in [-0.25, -0.2) is 4.79 Å². The number of carbonyl (C=O) groups is 2. The smallest absolute Gasteiger partial charge is 0.315 e. The number of anilines is 2. The van der Waals surface area contributed by atoms with Gasteiger partial charge >= 0.3 is 6.03 Å². The molecule has 0 radical (unpaired) electrons. The van der Waals surface area contributed by atoms with Gasteiger partial charge in [-0.1, -0.05) is 48.5 Å². The largest absolute Gasteiger partial charge is 0.382 e. The van der Waals surface area contributed by atoms with Crippen LogP contribution in [-0.2, 0) is 16.1 Å². The minimum absolute atomic E-state index is 0.0310. The zero-order valence-corrected chi connectivity index (χ0v) is 24.3. The molecule has 6 rings (SSSR count). The number of hydrazine groups is 1. The van der Waals surface area contributed by atoms with Crippen LogP contribution in [0.1, 0.15) is 55.0 Å². The molecule has 0 aromatic heterocycles. The van der Waals surface area contributed by atoms with Gasteiger partial charge in [0.25, 0.3) is 0 Å². The van der Waals surface area contributed by atoms with Crippen molar-refractivity contribution in [1.29, 1.82) is 0 Å². The van der Waals surface area contributed by atoms with Gasteiger partial charge in [-0.15, -0.1) is 0 Å². The number of para-hydroxylation sites is 1. The molecule has 3 heterocycles. The predicted molar refractivity (Wildman–Crippen MR) is 161 cm³/mol. The van der Waals surface area contributed by atoms with Crippen LogP contribution in [0, 0.1) is 0 Å². The first-order valence-electron chi connectivity index (χ1n) is 13.9. The molecule has 3 aliphatic heterocycles. The summed E-state index contributed by atoms with van der Waals surface area (Å²) < 4.78 is 6.94. The summed E-state index contributed by atoms with van der Waals surface area (Å²) in [5.74, 6) is 0. The van der Waals surface area contributed by atoms with Crippen molar-refractivity contribution in [3.8, 4) is 0 Å². The molecule has 3 unspecified atom stereocenters. The summed E-state index contributed by atoms with van der Waals surface area (Å²) >= 11 is 3.48. The van der Waals surface area contributed by atoms with Crippen molar-refractivity contribution in [3.05, 3.63) is 94.0 Å². The summed E-state index contributed by atoms with van der Waals surface area (Å²) in [7, 11) is 0. The number of hydrogen-bond acceptors (Lipinski definition) is 5. The third-order valence-corrected chi connectivity index (χ3v) is 8.20. The van der Waals surface area contributed by atoms with Gasteiger partial charge in [0.2, 0.25) is 6.41 Å². The highest BCUT2D eigenvalue weighted by atomic mass is 79.9. The second-order valence-electron chi connectivity index (χ2n) is 10.3. The molecule has 2 bridgehead atoms. The SMILES string of the molecule is CC(NC(=O)NCc1ccc2c(c1)C1CC(CCO1)N2)c1ccccc1.O=CN1CCCN1c1ccccc1Br. The Morgan fingerprint density at radius 1 is 1.12 bits per heavy atom. The fourth-order valence-corrected chi connectivity index (χ4v) is 5.89. The lowest BCUT2D eigenvalue weighted by Crippen LogP contribution is -2.37. The Morgan fingerprint density at radius 2 is 1.93 bits per heavy atom. The average molecular weight is 607 g/mol. The molecule has 3 atom stereocenters. The Bertz CT molecular complexity index is 1310. The van der Waals surface area contributed by atoms with Crippen LogP contribution in [0.4, 0.5) is 16.2 Å². The first-order valence-corrected chi connectivity index (χ1v) is 14.7. The van der Waals surface area contributed by atoms with E-state index in [9.17, 15) is 9.59 Å². The molecule has 2 fully saturated rings. The molecular weight excluding hydrogens is 570 g/mol. The number of halogens is 1. The number of rotatable bonds is 6. The maximum Gasteiger partial charge on any atom is 0.315 e. The lowest BCUT2D eigenvalue weighted by atomic mass is 9.90. The monoisotopic (exact) mass is 605 g/mol. The molecular formula is C31H36BrN5O3. The molecule has 3 aromatic carbocycles. The Labute approximate surface area is 244 Å². The van der Waals surface area contributed by atoms with Crippen molar-refractivity contribution in [1.82, 2.24) is 15.6 Å². The molecule has 3 amide bonds. The molecule has 40 heavy (non-hydrogen) atoms. The fourth-order valence-electron chi connectivity index (χ4n) is 5.40. The zero-order chi connectivity index (χ0) is 27.9. The van der Waals surface area contributed by atoms with E-state index in [0.717, 1.165) is 72.3 Å². The van der Waals surface area contributed by atoms with Crippen molar-refractivity contribution >= 4 is 39.7 Å². The summed E-state index contributed by atoms with van der Waals surface area (Å²) in [6.07, 6.45) is 4.18. The first-order chi connectivity index (χ1) is 19.5. The van der Waals surface area contributed by atoms with Crippen molar-refractivity contribution in [3.63, 3.8) is 0 Å². The zero-order valence-electron chi connectivity index (χ0n) is 22.7. The number of hydrogen-bond donors (Lipinski definition) is 3. The van der Waals surface area contributed by atoms with E-state index in [4.69, 9.17) is 4.74 Å². The summed E-state index contributed by atoms with van der Waals surface area (Å²) in [4.78, 5) is 23.0. The van der Waals surface area contributed by atoms with Gasteiger partial charge in [0.15, 0.2) is 0 Å². The van der Waals surface area contributed by atoms with Crippen LogP contribution in [-0.4, -0.2) is 43.2 Å². The van der Waals surface area contributed by atoms with Gasteiger partial charge in [0.1, 0.15) is 0 Å². The number of ether oxygens (including phenoxy) is 1. The third-order valence-electron chi connectivity index (χ3n) is 7.53. The molecule has 9 heteroatoms. The summed E-state index contributed by atoms with van der Waals surface area (Å²) in [5.41, 5.74) is 5.60. The van der Waals surface area contributed by atoms with Gasteiger partial charge < -0.3 is 20.7 Å². The highest BCUT2D eigenvalue weighted by molar-refractivity contribution is 9.10. The lowest BCUT2D eigenvalue weighted by Gasteiger charge is -2.37. The van der Waals surface area contributed by atoms with E-state index >= 15 is 0 Å². The van der Waals surface area contributed by atoms with Gasteiger partial charge in [0, 0.05) is 48.0 Å². The summed E-state index contributed by atoms with van der Waals surface area (Å²) in [6, 6.07) is 24.5. The maximum absolute atomic E-state index is 12.2. The van der Waals surface area contributed by atoms with Gasteiger partial charge in [-0.05, 0) is 77.5 Å².